The minimum atomic E-state index is 0.0529. The minimum absolute atomic E-state index is 0.0529. The molecule has 0 aliphatic rings. The number of nitrogens with zero attached hydrogens (tertiary/aromatic N) is 3. The van der Waals surface area contributed by atoms with E-state index in [2.05, 4.69) is 59.5 Å². The fraction of sp³-hybridized carbons (Fsp3) is 0.318. The van der Waals surface area contributed by atoms with Gasteiger partial charge in [0.25, 0.3) is 0 Å². The van der Waals surface area contributed by atoms with Gasteiger partial charge in [0.15, 0.2) is 0 Å². The molecule has 0 spiro atoms. The monoisotopic (exact) mass is 347 g/mol. The normalized spacial score (nSPS) is 11.8. The molecular formula is C22H25N3O. The van der Waals surface area contributed by atoms with Gasteiger partial charge in [0.2, 0.25) is 0 Å². The smallest absolute Gasteiger partial charge is 0.129 e. The maximum Gasteiger partial charge on any atom is 0.129 e. The lowest BCUT2D eigenvalue weighted by Crippen LogP contribution is -2.10. The number of aryl methyl sites for hydroxylation is 1. The van der Waals surface area contributed by atoms with E-state index in [0.29, 0.717) is 12.5 Å². The third kappa shape index (κ3) is 3.01. The molecule has 4 heteroatoms. The predicted molar refractivity (Wildman–Crippen MR) is 106 cm³/mol. The number of imidazole rings is 1. The number of hydrogen-bond donors (Lipinski definition) is 1. The Morgan fingerprint density at radius 3 is 2.50 bits per heavy atom. The molecule has 0 radical (unpaired) electrons. The molecule has 4 aromatic rings. The van der Waals surface area contributed by atoms with Crippen LogP contribution in [-0.4, -0.2) is 19.2 Å². The van der Waals surface area contributed by atoms with Crippen molar-refractivity contribution < 1.29 is 5.11 Å². The first-order valence-corrected chi connectivity index (χ1v) is 9.29. The molecule has 0 unspecified atom stereocenters. The fourth-order valence-electron chi connectivity index (χ4n) is 3.61. The highest BCUT2D eigenvalue weighted by molar-refractivity contribution is 5.84. The summed E-state index contributed by atoms with van der Waals surface area (Å²) in [5, 5.41) is 10.8. The molecule has 0 atom stereocenters. The topological polar surface area (TPSA) is 43.0 Å². The fourth-order valence-corrected chi connectivity index (χ4v) is 3.61. The molecule has 134 valence electrons. The molecule has 0 aliphatic carbocycles. The molecule has 4 nitrogen and oxygen atoms in total. The lowest BCUT2D eigenvalue weighted by atomic mass is 10.1. The molecule has 4 rings (SSSR count). The van der Waals surface area contributed by atoms with Crippen LogP contribution in [-0.2, 0) is 19.7 Å². The van der Waals surface area contributed by atoms with Crippen molar-refractivity contribution in [1.82, 2.24) is 14.1 Å². The van der Waals surface area contributed by atoms with Crippen LogP contribution < -0.4 is 0 Å². The quantitative estimate of drug-likeness (QED) is 0.555. The molecule has 2 heterocycles. The minimum Gasteiger partial charge on any atom is -0.392 e. The predicted octanol–water partition coefficient (Wildman–Crippen LogP) is 4.58. The summed E-state index contributed by atoms with van der Waals surface area (Å²) >= 11 is 0. The van der Waals surface area contributed by atoms with Gasteiger partial charge in [-0.2, -0.15) is 0 Å². The Labute approximate surface area is 153 Å². The van der Waals surface area contributed by atoms with Gasteiger partial charge >= 0.3 is 0 Å². The van der Waals surface area contributed by atoms with E-state index in [9.17, 15) is 5.11 Å². The van der Waals surface area contributed by atoms with Crippen molar-refractivity contribution in [2.24, 2.45) is 5.92 Å². The molecule has 2 aromatic heterocycles. The molecule has 0 bridgehead atoms. The zero-order valence-corrected chi connectivity index (χ0v) is 15.4. The number of fused-ring (bicyclic) bond motifs is 2. The van der Waals surface area contributed by atoms with E-state index in [1.807, 2.05) is 18.2 Å². The van der Waals surface area contributed by atoms with Crippen molar-refractivity contribution in [2.45, 2.75) is 40.0 Å². The summed E-state index contributed by atoms with van der Waals surface area (Å²) in [5.41, 5.74) is 4.34. The summed E-state index contributed by atoms with van der Waals surface area (Å²) < 4.78 is 4.55. The summed E-state index contributed by atoms with van der Waals surface area (Å²) in [5.74, 6) is 1.72. The summed E-state index contributed by atoms with van der Waals surface area (Å²) in [4.78, 5) is 4.91. The van der Waals surface area contributed by atoms with E-state index in [0.717, 1.165) is 40.8 Å². The highest BCUT2D eigenvalue weighted by Gasteiger charge is 2.14. The summed E-state index contributed by atoms with van der Waals surface area (Å²) in [6.45, 7) is 6.24. The Morgan fingerprint density at radius 2 is 1.73 bits per heavy atom. The van der Waals surface area contributed by atoms with Gasteiger partial charge in [-0.25, -0.2) is 4.98 Å². The molecule has 0 fully saturated rings. The standard InChI is InChI=1S/C22H25N3O/c1-16(2)11-12-25-21-10-6-4-8-19(21)23-22(25)14-24-13-17(15-26)18-7-3-5-9-20(18)24/h3-10,13,16,26H,11-12,14-15H2,1-2H3. The maximum atomic E-state index is 9.70. The molecular weight excluding hydrogens is 322 g/mol. The summed E-state index contributed by atoms with van der Waals surface area (Å²) in [6.07, 6.45) is 3.18. The molecule has 2 aromatic carbocycles. The van der Waals surface area contributed by atoms with Gasteiger partial charge in [0.1, 0.15) is 5.82 Å². The first-order valence-electron chi connectivity index (χ1n) is 9.29. The first-order chi connectivity index (χ1) is 12.7. The van der Waals surface area contributed by atoms with Crippen molar-refractivity contribution in [3.8, 4) is 0 Å². The van der Waals surface area contributed by atoms with Crippen LogP contribution in [0.1, 0.15) is 31.7 Å². The van der Waals surface area contributed by atoms with Crippen molar-refractivity contribution in [3.63, 3.8) is 0 Å². The lowest BCUT2D eigenvalue weighted by molar-refractivity contribution is 0.283. The van der Waals surface area contributed by atoms with Gasteiger partial charge in [-0.05, 0) is 30.5 Å². The van der Waals surface area contributed by atoms with Crippen LogP contribution in [0, 0.1) is 5.92 Å². The molecule has 0 saturated heterocycles. The van der Waals surface area contributed by atoms with Crippen LogP contribution in [0.3, 0.4) is 0 Å². The van der Waals surface area contributed by atoms with E-state index in [1.165, 1.54) is 5.52 Å². The van der Waals surface area contributed by atoms with E-state index >= 15 is 0 Å². The number of rotatable bonds is 6. The first kappa shape index (κ1) is 16.9. The van der Waals surface area contributed by atoms with Crippen LogP contribution in [0.5, 0.6) is 0 Å². The van der Waals surface area contributed by atoms with Crippen LogP contribution >= 0.6 is 0 Å². The Hall–Kier alpha value is -2.59. The SMILES string of the molecule is CC(C)CCn1c(Cn2cc(CO)c3ccccc32)nc2ccccc21. The largest absolute Gasteiger partial charge is 0.392 e. The number of para-hydroxylation sites is 3. The highest BCUT2D eigenvalue weighted by atomic mass is 16.3. The summed E-state index contributed by atoms with van der Waals surface area (Å²) in [6, 6.07) is 16.6. The Morgan fingerprint density at radius 1 is 1.00 bits per heavy atom. The zero-order valence-electron chi connectivity index (χ0n) is 15.4. The molecule has 1 N–H and O–H groups in total. The zero-order chi connectivity index (χ0) is 18.1. The van der Waals surface area contributed by atoms with Gasteiger partial charge in [0.05, 0.1) is 24.2 Å². The van der Waals surface area contributed by atoms with E-state index in [-0.39, 0.29) is 6.61 Å². The van der Waals surface area contributed by atoms with Crippen LogP contribution in [0.4, 0.5) is 0 Å². The Kier molecular flexibility index (Phi) is 4.51. The number of aliphatic hydroxyl groups is 1. The van der Waals surface area contributed by atoms with Gasteiger partial charge < -0.3 is 14.2 Å². The van der Waals surface area contributed by atoms with E-state index in [4.69, 9.17) is 4.98 Å². The van der Waals surface area contributed by atoms with Gasteiger partial charge in [-0.1, -0.05) is 44.2 Å². The van der Waals surface area contributed by atoms with Crippen molar-refractivity contribution in [3.05, 3.63) is 66.1 Å². The number of hydrogen-bond acceptors (Lipinski definition) is 2. The summed E-state index contributed by atoms with van der Waals surface area (Å²) in [7, 11) is 0. The number of benzene rings is 2. The highest BCUT2D eigenvalue weighted by Crippen LogP contribution is 2.24. The van der Waals surface area contributed by atoms with E-state index < -0.39 is 0 Å². The third-order valence-corrected chi connectivity index (χ3v) is 5.02. The van der Waals surface area contributed by atoms with Crippen molar-refractivity contribution in [2.75, 3.05) is 0 Å². The van der Waals surface area contributed by atoms with Crippen LogP contribution in [0.25, 0.3) is 21.9 Å². The van der Waals surface area contributed by atoms with Gasteiger partial charge in [-0.3, -0.25) is 0 Å². The molecule has 0 aliphatic heterocycles. The van der Waals surface area contributed by atoms with Gasteiger partial charge in [-0.15, -0.1) is 0 Å². The van der Waals surface area contributed by atoms with Crippen LogP contribution in [0.2, 0.25) is 0 Å². The molecule has 0 amide bonds. The average Bonchev–Trinajstić information content (AvgIpc) is 3.18. The average molecular weight is 347 g/mol. The second kappa shape index (κ2) is 6.96. The Balaban J connectivity index is 1.79. The second-order valence-corrected chi connectivity index (χ2v) is 7.31. The maximum absolute atomic E-state index is 9.70. The molecule has 26 heavy (non-hydrogen) atoms. The van der Waals surface area contributed by atoms with Crippen molar-refractivity contribution in [1.29, 1.82) is 0 Å². The third-order valence-electron chi connectivity index (χ3n) is 5.02. The van der Waals surface area contributed by atoms with Crippen molar-refractivity contribution >= 4 is 21.9 Å². The van der Waals surface area contributed by atoms with Gasteiger partial charge in [0, 0.05) is 29.2 Å². The number of aliphatic hydroxyl groups excluding tert-OH is 1. The second-order valence-electron chi connectivity index (χ2n) is 7.31. The molecule has 0 saturated carbocycles. The Bertz CT molecular complexity index is 1040. The van der Waals surface area contributed by atoms with Crippen LogP contribution in [0.15, 0.2) is 54.7 Å². The lowest BCUT2D eigenvalue weighted by Gasteiger charge is -2.12. The van der Waals surface area contributed by atoms with E-state index in [1.54, 1.807) is 0 Å². The number of aromatic nitrogens is 3.